The number of nitrogens with one attached hydrogen (secondary N) is 2. The number of carbonyl (C=O) groups excluding carboxylic acids is 2. The first-order chi connectivity index (χ1) is 15.5. The minimum absolute atomic E-state index is 0.00367. The van der Waals surface area contributed by atoms with E-state index in [1.807, 2.05) is 24.3 Å². The van der Waals surface area contributed by atoms with E-state index in [9.17, 15) is 14.4 Å². The molecule has 8 heteroatoms. The number of carboxylic acid groups (broad SMARTS) is 1. The monoisotopic (exact) mass is 454 g/mol. The fourth-order valence-corrected chi connectivity index (χ4v) is 4.32. The van der Waals surface area contributed by atoms with Crippen LogP contribution in [0.5, 0.6) is 0 Å². The molecule has 1 unspecified atom stereocenters. The molecule has 3 rings (SSSR count). The number of amides is 2. The molecule has 0 fully saturated rings. The summed E-state index contributed by atoms with van der Waals surface area (Å²) in [6, 6.07) is 15.3. The number of benzene rings is 2. The second kappa shape index (κ2) is 11.4. The quantitative estimate of drug-likeness (QED) is 0.355. The molecular formula is C24H26N2O5S. The molecule has 0 aliphatic heterocycles. The first kappa shape index (κ1) is 23.4. The molecule has 2 aromatic rings. The van der Waals surface area contributed by atoms with Gasteiger partial charge in [-0.3, -0.25) is 4.79 Å². The van der Waals surface area contributed by atoms with Crippen molar-refractivity contribution in [1.29, 1.82) is 0 Å². The lowest BCUT2D eigenvalue weighted by Gasteiger charge is -2.14. The van der Waals surface area contributed by atoms with E-state index in [-0.39, 0.29) is 30.6 Å². The second-order valence-electron chi connectivity index (χ2n) is 7.29. The predicted octanol–water partition coefficient (Wildman–Crippen LogP) is 3.40. The van der Waals surface area contributed by atoms with Gasteiger partial charge >= 0.3 is 12.1 Å². The Hall–Kier alpha value is -3.26. The summed E-state index contributed by atoms with van der Waals surface area (Å²) in [6.07, 6.45) is 1.11. The lowest BCUT2D eigenvalue weighted by atomic mass is 9.98. The highest BCUT2D eigenvalue weighted by Gasteiger charge is 2.28. The van der Waals surface area contributed by atoms with Crippen molar-refractivity contribution in [3.63, 3.8) is 0 Å². The van der Waals surface area contributed by atoms with Crippen LogP contribution in [0.1, 0.15) is 23.5 Å². The number of aliphatic carboxylic acids is 1. The van der Waals surface area contributed by atoms with Crippen molar-refractivity contribution in [1.82, 2.24) is 10.6 Å². The lowest BCUT2D eigenvalue weighted by Crippen LogP contribution is -2.41. The summed E-state index contributed by atoms with van der Waals surface area (Å²) in [5, 5.41) is 14.2. The highest BCUT2D eigenvalue weighted by molar-refractivity contribution is 7.99. The molecule has 168 valence electrons. The maximum absolute atomic E-state index is 12.1. The Balaban J connectivity index is 1.38. The fourth-order valence-electron chi connectivity index (χ4n) is 3.66. The zero-order valence-electron chi connectivity index (χ0n) is 17.6. The molecule has 0 heterocycles. The van der Waals surface area contributed by atoms with Gasteiger partial charge in [0.2, 0.25) is 5.91 Å². The molecule has 0 saturated heterocycles. The maximum Gasteiger partial charge on any atom is 0.407 e. The van der Waals surface area contributed by atoms with Crippen LogP contribution in [0.2, 0.25) is 0 Å². The summed E-state index contributed by atoms with van der Waals surface area (Å²) in [5.41, 5.74) is 4.65. The third kappa shape index (κ3) is 5.91. The first-order valence-corrected chi connectivity index (χ1v) is 11.5. The van der Waals surface area contributed by atoms with Crippen LogP contribution in [0, 0.1) is 0 Å². The van der Waals surface area contributed by atoms with Gasteiger partial charge in [0, 0.05) is 18.2 Å². The lowest BCUT2D eigenvalue weighted by molar-refractivity contribution is -0.141. The van der Waals surface area contributed by atoms with Crippen LogP contribution in [-0.4, -0.2) is 53.8 Å². The maximum atomic E-state index is 12.1. The summed E-state index contributed by atoms with van der Waals surface area (Å²) >= 11 is 1.30. The van der Waals surface area contributed by atoms with E-state index < -0.39 is 18.1 Å². The molecule has 32 heavy (non-hydrogen) atoms. The normalized spacial score (nSPS) is 12.9. The van der Waals surface area contributed by atoms with Crippen LogP contribution in [-0.2, 0) is 14.3 Å². The summed E-state index contributed by atoms with van der Waals surface area (Å²) in [5.74, 6) is -0.862. The first-order valence-electron chi connectivity index (χ1n) is 10.3. The fraction of sp³-hybridized carbons (Fsp3) is 0.292. The minimum atomic E-state index is -1.10. The van der Waals surface area contributed by atoms with Gasteiger partial charge in [0.05, 0.1) is 5.75 Å². The number of alkyl carbamates (subject to hydrolysis) is 1. The van der Waals surface area contributed by atoms with Crippen LogP contribution >= 0.6 is 11.8 Å². The van der Waals surface area contributed by atoms with Crippen molar-refractivity contribution in [3.8, 4) is 11.1 Å². The smallest absolute Gasteiger partial charge is 0.407 e. The average molecular weight is 455 g/mol. The number of carbonyl (C=O) groups is 3. The molecule has 2 aromatic carbocycles. The zero-order valence-corrected chi connectivity index (χ0v) is 18.4. The van der Waals surface area contributed by atoms with E-state index >= 15 is 0 Å². The van der Waals surface area contributed by atoms with Gasteiger partial charge in [-0.25, -0.2) is 9.59 Å². The minimum Gasteiger partial charge on any atom is -0.480 e. The van der Waals surface area contributed by atoms with E-state index in [0.29, 0.717) is 12.3 Å². The van der Waals surface area contributed by atoms with Gasteiger partial charge in [-0.05, 0) is 28.7 Å². The molecule has 1 aliphatic rings. The Morgan fingerprint density at radius 1 is 1.09 bits per heavy atom. The molecule has 0 aromatic heterocycles. The summed E-state index contributed by atoms with van der Waals surface area (Å²) in [4.78, 5) is 35.0. The van der Waals surface area contributed by atoms with Crippen LogP contribution in [0.15, 0.2) is 61.2 Å². The Morgan fingerprint density at radius 2 is 1.72 bits per heavy atom. The molecule has 0 saturated carbocycles. The van der Waals surface area contributed by atoms with Gasteiger partial charge in [0.25, 0.3) is 0 Å². The Labute approximate surface area is 191 Å². The van der Waals surface area contributed by atoms with E-state index in [4.69, 9.17) is 9.84 Å². The van der Waals surface area contributed by atoms with Crippen molar-refractivity contribution in [2.75, 3.05) is 24.7 Å². The Kier molecular flexibility index (Phi) is 8.33. The third-order valence-electron chi connectivity index (χ3n) is 5.13. The third-order valence-corrected chi connectivity index (χ3v) is 6.09. The highest BCUT2D eigenvalue weighted by atomic mass is 32.2. The number of hydrogen-bond donors (Lipinski definition) is 3. The average Bonchev–Trinajstić information content (AvgIpc) is 3.11. The number of fused-ring (bicyclic) bond motifs is 3. The van der Waals surface area contributed by atoms with Crippen molar-refractivity contribution in [2.24, 2.45) is 0 Å². The summed E-state index contributed by atoms with van der Waals surface area (Å²) < 4.78 is 5.46. The standard InChI is InChI=1S/C24H26N2O5S/c1-2-7-21(23(28)29)26-22(27)15-32-13-12-25-24(30)31-14-20-18-10-5-3-8-16(18)17-9-4-6-11-19(17)20/h2-6,8-11,20-21H,1,7,12-15H2,(H,25,30)(H,26,27)(H,28,29). The van der Waals surface area contributed by atoms with Crippen molar-refractivity contribution >= 4 is 29.7 Å². The van der Waals surface area contributed by atoms with Crippen LogP contribution < -0.4 is 10.6 Å². The number of rotatable bonds is 11. The van der Waals surface area contributed by atoms with Crippen molar-refractivity contribution in [3.05, 3.63) is 72.3 Å². The molecule has 0 bridgehead atoms. The Morgan fingerprint density at radius 3 is 2.31 bits per heavy atom. The molecule has 2 amide bonds. The van der Waals surface area contributed by atoms with Crippen LogP contribution in [0.25, 0.3) is 11.1 Å². The van der Waals surface area contributed by atoms with Crippen LogP contribution in [0.4, 0.5) is 4.79 Å². The van der Waals surface area contributed by atoms with Gasteiger partial charge in [-0.1, -0.05) is 54.6 Å². The highest BCUT2D eigenvalue weighted by Crippen LogP contribution is 2.44. The van der Waals surface area contributed by atoms with Gasteiger partial charge < -0.3 is 20.5 Å². The number of ether oxygens (including phenoxy) is 1. The SMILES string of the molecule is C=CCC(NC(=O)CSCCNC(=O)OCC1c2ccccc2-c2ccccc21)C(=O)O. The van der Waals surface area contributed by atoms with Gasteiger partial charge in [-0.15, -0.1) is 6.58 Å². The van der Waals surface area contributed by atoms with Gasteiger partial charge in [0.1, 0.15) is 12.6 Å². The van der Waals surface area contributed by atoms with Crippen molar-refractivity contribution in [2.45, 2.75) is 18.4 Å². The zero-order chi connectivity index (χ0) is 22.9. The molecular weight excluding hydrogens is 428 g/mol. The predicted molar refractivity (Wildman–Crippen MR) is 125 cm³/mol. The summed E-state index contributed by atoms with van der Waals surface area (Å²) in [6.45, 7) is 4.07. The number of hydrogen-bond acceptors (Lipinski definition) is 5. The molecule has 7 nitrogen and oxygen atoms in total. The second-order valence-corrected chi connectivity index (χ2v) is 8.39. The van der Waals surface area contributed by atoms with Gasteiger partial charge in [0.15, 0.2) is 0 Å². The van der Waals surface area contributed by atoms with Crippen molar-refractivity contribution < 1.29 is 24.2 Å². The van der Waals surface area contributed by atoms with E-state index in [0.717, 1.165) is 11.1 Å². The molecule has 3 N–H and O–H groups in total. The van der Waals surface area contributed by atoms with E-state index in [1.165, 1.54) is 29.0 Å². The topological polar surface area (TPSA) is 105 Å². The van der Waals surface area contributed by atoms with E-state index in [2.05, 4.69) is 41.5 Å². The molecule has 1 aliphatic carbocycles. The molecule has 0 radical (unpaired) electrons. The largest absolute Gasteiger partial charge is 0.480 e. The molecule has 1 atom stereocenters. The Bertz CT molecular complexity index is 948. The summed E-state index contributed by atoms with van der Waals surface area (Å²) in [7, 11) is 0. The van der Waals surface area contributed by atoms with Crippen LogP contribution in [0.3, 0.4) is 0 Å². The van der Waals surface area contributed by atoms with E-state index in [1.54, 1.807) is 0 Å². The van der Waals surface area contributed by atoms with Gasteiger partial charge in [-0.2, -0.15) is 11.8 Å². The number of carboxylic acids is 1. The number of thioether (sulfide) groups is 1. The molecule has 0 spiro atoms.